The van der Waals surface area contributed by atoms with Gasteiger partial charge in [-0.3, -0.25) is 4.79 Å². The second-order valence-electron chi connectivity index (χ2n) is 6.15. The molecule has 2 rings (SSSR count). The van der Waals surface area contributed by atoms with Gasteiger partial charge in [-0.1, -0.05) is 0 Å². The number of ether oxygens (including phenoxy) is 1. The highest BCUT2D eigenvalue weighted by Gasteiger charge is 2.25. The Balaban J connectivity index is 1.84. The average molecular weight is 347 g/mol. The first-order valence-electron chi connectivity index (χ1n) is 9.16. The highest BCUT2D eigenvalue weighted by Crippen LogP contribution is 2.17. The Morgan fingerprint density at radius 1 is 1.12 bits per heavy atom. The molecule has 1 aliphatic heterocycles. The average Bonchev–Trinajstić information content (AvgIpc) is 2.64. The summed E-state index contributed by atoms with van der Waals surface area (Å²) in [6.45, 7) is 9.23. The molecule has 1 saturated heterocycles. The van der Waals surface area contributed by atoms with E-state index in [0.717, 1.165) is 18.6 Å². The van der Waals surface area contributed by atoms with Crippen LogP contribution in [0.4, 0.5) is 4.79 Å². The highest BCUT2D eigenvalue weighted by atomic mass is 16.5. The quantitative estimate of drug-likeness (QED) is 0.861. The Morgan fingerprint density at radius 2 is 1.72 bits per heavy atom. The Bertz CT molecular complexity index is 562. The van der Waals surface area contributed by atoms with Gasteiger partial charge in [0.25, 0.3) is 5.91 Å². The van der Waals surface area contributed by atoms with E-state index in [0.29, 0.717) is 38.3 Å². The molecule has 0 bridgehead atoms. The molecule has 6 nitrogen and oxygen atoms in total. The zero-order valence-corrected chi connectivity index (χ0v) is 15.5. The Hall–Kier alpha value is -2.24. The number of benzene rings is 1. The van der Waals surface area contributed by atoms with Gasteiger partial charge in [0, 0.05) is 37.8 Å². The van der Waals surface area contributed by atoms with Crippen molar-refractivity contribution >= 4 is 11.9 Å². The number of amides is 3. The number of hydrogen-bond acceptors (Lipinski definition) is 3. The fraction of sp³-hybridized carbons (Fsp3) is 0.579. The Labute approximate surface area is 150 Å². The second-order valence-corrected chi connectivity index (χ2v) is 6.15. The molecule has 0 spiro atoms. The van der Waals surface area contributed by atoms with E-state index in [9.17, 15) is 9.59 Å². The zero-order chi connectivity index (χ0) is 18.2. The minimum absolute atomic E-state index is 0.0127. The van der Waals surface area contributed by atoms with Gasteiger partial charge in [0.1, 0.15) is 5.75 Å². The number of hydrogen-bond donors (Lipinski definition) is 1. The summed E-state index contributed by atoms with van der Waals surface area (Å²) in [6, 6.07) is 7.39. The fourth-order valence-electron chi connectivity index (χ4n) is 3.05. The summed E-state index contributed by atoms with van der Waals surface area (Å²) in [5, 5.41) is 3.07. The van der Waals surface area contributed by atoms with E-state index in [4.69, 9.17) is 4.74 Å². The van der Waals surface area contributed by atoms with Crippen LogP contribution >= 0.6 is 0 Å². The summed E-state index contributed by atoms with van der Waals surface area (Å²) in [5.74, 6) is 0.813. The largest absolute Gasteiger partial charge is 0.494 e. The lowest BCUT2D eigenvalue weighted by molar-refractivity contribution is 0.0706. The first-order chi connectivity index (χ1) is 12.1. The summed E-state index contributed by atoms with van der Waals surface area (Å²) < 4.78 is 5.41. The zero-order valence-electron chi connectivity index (χ0n) is 15.5. The molecule has 1 heterocycles. The lowest BCUT2D eigenvalue weighted by Crippen LogP contribution is -2.50. The molecular formula is C19H29N3O3. The Kier molecular flexibility index (Phi) is 7.10. The van der Waals surface area contributed by atoms with Crippen molar-refractivity contribution in [1.29, 1.82) is 0 Å². The molecule has 0 atom stereocenters. The third-order valence-electron chi connectivity index (χ3n) is 4.57. The van der Waals surface area contributed by atoms with Crippen LogP contribution in [0.25, 0.3) is 0 Å². The first-order valence-corrected chi connectivity index (χ1v) is 9.16. The minimum Gasteiger partial charge on any atom is -0.494 e. The van der Waals surface area contributed by atoms with Gasteiger partial charge in [0.05, 0.1) is 6.61 Å². The van der Waals surface area contributed by atoms with Crippen molar-refractivity contribution in [3.05, 3.63) is 29.8 Å². The van der Waals surface area contributed by atoms with Crippen molar-refractivity contribution in [3.8, 4) is 5.75 Å². The van der Waals surface area contributed by atoms with Crippen LogP contribution in [0, 0.1) is 0 Å². The molecule has 1 aromatic rings. The molecular weight excluding hydrogens is 318 g/mol. The fourth-order valence-corrected chi connectivity index (χ4v) is 3.05. The number of carbonyl (C=O) groups is 2. The predicted octanol–water partition coefficient (Wildman–Crippen LogP) is 2.74. The van der Waals surface area contributed by atoms with Gasteiger partial charge >= 0.3 is 6.03 Å². The summed E-state index contributed by atoms with van der Waals surface area (Å²) >= 11 is 0. The minimum atomic E-state index is -0.0127. The smallest absolute Gasteiger partial charge is 0.317 e. The molecule has 0 radical (unpaired) electrons. The topological polar surface area (TPSA) is 61.9 Å². The molecule has 138 valence electrons. The molecule has 0 aromatic heterocycles. The molecule has 0 unspecified atom stereocenters. The van der Waals surface area contributed by atoms with E-state index in [-0.39, 0.29) is 18.0 Å². The molecule has 1 aromatic carbocycles. The van der Waals surface area contributed by atoms with Crippen molar-refractivity contribution < 1.29 is 14.3 Å². The second kappa shape index (κ2) is 9.30. The van der Waals surface area contributed by atoms with Crippen LogP contribution < -0.4 is 10.1 Å². The number of nitrogens with zero attached hydrogens (tertiary/aromatic N) is 2. The SMILES string of the molecule is CCOc1ccc(C(=O)N2CCC(NC(=O)N(CC)CC)CC2)cc1. The number of urea groups is 1. The van der Waals surface area contributed by atoms with Crippen molar-refractivity contribution in [3.63, 3.8) is 0 Å². The van der Waals surface area contributed by atoms with Crippen LogP contribution in [0.15, 0.2) is 24.3 Å². The van der Waals surface area contributed by atoms with Gasteiger partial charge in [-0.15, -0.1) is 0 Å². The number of carbonyl (C=O) groups excluding carboxylic acids is 2. The van der Waals surface area contributed by atoms with Gasteiger partial charge in [-0.2, -0.15) is 0 Å². The van der Waals surface area contributed by atoms with Gasteiger partial charge in [-0.05, 0) is 57.9 Å². The number of piperidine rings is 1. The van der Waals surface area contributed by atoms with Crippen molar-refractivity contribution in [1.82, 2.24) is 15.1 Å². The van der Waals surface area contributed by atoms with Crippen molar-refractivity contribution in [2.75, 3.05) is 32.8 Å². The number of likely N-dealkylation sites (tertiary alicyclic amines) is 1. The van der Waals surface area contributed by atoms with E-state index in [1.165, 1.54) is 0 Å². The Morgan fingerprint density at radius 3 is 2.24 bits per heavy atom. The summed E-state index contributed by atoms with van der Waals surface area (Å²) in [5.41, 5.74) is 0.675. The van der Waals surface area contributed by atoms with Crippen LogP contribution in [0.2, 0.25) is 0 Å². The van der Waals surface area contributed by atoms with Crippen LogP contribution in [-0.2, 0) is 0 Å². The van der Waals surface area contributed by atoms with Gasteiger partial charge < -0.3 is 19.9 Å². The molecule has 6 heteroatoms. The monoisotopic (exact) mass is 347 g/mol. The van der Waals surface area contributed by atoms with E-state index in [1.54, 1.807) is 4.90 Å². The summed E-state index contributed by atoms with van der Waals surface area (Å²) in [6.07, 6.45) is 1.57. The van der Waals surface area contributed by atoms with Gasteiger partial charge in [-0.25, -0.2) is 4.79 Å². The molecule has 3 amide bonds. The molecule has 25 heavy (non-hydrogen) atoms. The molecule has 1 N–H and O–H groups in total. The molecule has 0 aliphatic carbocycles. The van der Waals surface area contributed by atoms with Gasteiger partial charge in [0.2, 0.25) is 0 Å². The molecule has 1 aliphatic rings. The van der Waals surface area contributed by atoms with E-state index in [1.807, 2.05) is 49.9 Å². The lowest BCUT2D eigenvalue weighted by atomic mass is 10.0. The van der Waals surface area contributed by atoms with E-state index in [2.05, 4.69) is 5.32 Å². The third-order valence-corrected chi connectivity index (χ3v) is 4.57. The predicted molar refractivity (Wildman–Crippen MR) is 98.0 cm³/mol. The summed E-state index contributed by atoms with van der Waals surface area (Å²) in [7, 11) is 0. The van der Waals surface area contributed by atoms with Gasteiger partial charge in [0.15, 0.2) is 0 Å². The third kappa shape index (κ3) is 5.11. The number of nitrogens with one attached hydrogen (secondary N) is 1. The van der Waals surface area contributed by atoms with Crippen LogP contribution in [0.3, 0.4) is 0 Å². The van der Waals surface area contributed by atoms with Crippen molar-refractivity contribution in [2.24, 2.45) is 0 Å². The molecule has 1 fully saturated rings. The van der Waals surface area contributed by atoms with Crippen molar-refractivity contribution in [2.45, 2.75) is 39.7 Å². The molecule has 0 saturated carbocycles. The maximum Gasteiger partial charge on any atom is 0.317 e. The van der Waals surface area contributed by atoms with Crippen LogP contribution in [-0.4, -0.2) is 60.6 Å². The maximum absolute atomic E-state index is 12.6. The van der Waals surface area contributed by atoms with E-state index >= 15 is 0 Å². The number of rotatable bonds is 6. The maximum atomic E-state index is 12.6. The standard InChI is InChI=1S/C19H29N3O3/c1-4-21(5-2)19(24)20-16-11-13-22(14-12-16)18(23)15-7-9-17(10-8-15)25-6-3/h7-10,16H,4-6,11-14H2,1-3H3,(H,20,24). The summed E-state index contributed by atoms with van der Waals surface area (Å²) in [4.78, 5) is 28.3. The van der Waals surface area contributed by atoms with E-state index < -0.39 is 0 Å². The van der Waals surface area contributed by atoms with Crippen LogP contribution in [0.5, 0.6) is 5.75 Å². The first kappa shape index (κ1) is 19.1. The van der Waals surface area contributed by atoms with Crippen LogP contribution in [0.1, 0.15) is 44.0 Å². The highest BCUT2D eigenvalue weighted by molar-refractivity contribution is 5.94. The normalized spacial score (nSPS) is 14.9. The lowest BCUT2D eigenvalue weighted by Gasteiger charge is -2.33.